The average Bonchev–Trinajstić information content (AvgIpc) is 2.49. The highest BCUT2D eigenvalue weighted by Crippen LogP contribution is 2.36. The average molecular weight is 162 g/mol. The van der Waals surface area contributed by atoms with Crippen LogP contribution < -0.4 is 0 Å². The van der Waals surface area contributed by atoms with E-state index in [0.717, 1.165) is 30.3 Å². The molecular formula is C10H10O2. The highest BCUT2D eigenvalue weighted by Gasteiger charge is 2.23. The Labute approximate surface area is 70.8 Å². The van der Waals surface area contributed by atoms with Crippen molar-refractivity contribution in [2.45, 2.75) is 18.8 Å². The van der Waals surface area contributed by atoms with E-state index >= 15 is 0 Å². The summed E-state index contributed by atoms with van der Waals surface area (Å²) < 4.78 is 0. The van der Waals surface area contributed by atoms with Crippen molar-refractivity contribution < 1.29 is 9.90 Å². The Morgan fingerprint density at radius 1 is 1.50 bits per heavy atom. The van der Waals surface area contributed by atoms with Gasteiger partial charge in [0, 0.05) is 5.92 Å². The molecule has 0 radical (unpaired) electrons. The van der Waals surface area contributed by atoms with Crippen LogP contribution in [0.15, 0.2) is 18.2 Å². The van der Waals surface area contributed by atoms with E-state index < -0.39 is 0 Å². The molecule has 0 aromatic heterocycles. The molecule has 1 unspecified atom stereocenters. The Bertz CT molecular complexity index is 318. The first kappa shape index (κ1) is 7.35. The highest BCUT2D eigenvalue weighted by atomic mass is 16.3. The first-order valence-electron chi connectivity index (χ1n) is 4.09. The van der Waals surface area contributed by atoms with Gasteiger partial charge in [-0.2, -0.15) is 0 Å². The number of rotatable bonds is 1. The molecule has 1 aliphatic carbocycles. The second-order valence-electron chi connectivity index (χ2n) is 3.13. The largest absolute Gasteiger partial charge is 0.508 e. The molecule has 0 amide bonds. The van der Waals surface area contributed by atoms with Gasteiger partial charge in [-0.05, 0) is 30.0 Å². The van der Waals surface area contributed by atoms with Gasteiger partial charge in [-0.3, -0.25) is 0 Å². The summed E-state index contributed by atoms with van der Waals surface area (Å²) in [6.07, 6.45) is 2.63. The third-order valence-corrected chi connectivity index (χ3v) is 2.46. The van der Waals surface area contributed by atoms with Gasteiger partial charge in [0.25, 0.3) is 0 Å². The van der Waals surface area contributed by atoms with Gasteiger partial charge in [0.2, 0.25) is 0 Å². The van der Waals surface area contributed by atoms with Crippen LogP contribution in [0.1, 0.15) is 23.5 Å². The first-order valence-corrected chi connectivity index (χ1v) is 4.09. The Morgan fingerprint density at radius 2 is 2.33 bits per heavy atom. The van der Waals surface area contributed by atoms with Gasteiger partial charge in [0.1, 0.15) is 12.0 Å². The zero-order valence-corrected chi connectivity index (χ0v) is 6.66. The Balaban J connectivity index is 2.52. The zero-order valence-electron chi connectivity index (χ0n) is 6.66. The molecule has 0 aliphatic heterocycles. The van der Waals surface area contributed by atoms with Crippen LogP contribution in [-0.4, -0.2) is 11.4 Å². The monoisotopic (exact) mass is 162 g/mol. The lowest BCUT2D eigenvalue weighted by Crippen LogP contribution is -1.92. The van der Waals surface area contributed by atoms with Crippen molar-refractivity contribution in [3.8, 4) is 5.75 Å². The van der Waals surface area contributed by atoms with E-state index in [9.17, 15) is 9.90 Å². The van der Waals surface area contributed by atoms with Crippen LogP contribution in [0, 0.1) is 0 Å². The normalized spacial score (nSPS) is 20.5. The molecule has 0 spiro atoms. The minimum absolute atomic E-state index is 0.00657. The summed E-state index contributed by atoms with van der Waals surface area (Å²) >= 11 is 0. The van der Waals surface area contributed by atoms with E-state index in [1.54, 1.807) is 12.1 Å². The van der Waals surface area contributed by atoms with Crippen LogP contribution in [0.5, 0.6) is 5.75 Å². The van der Waals surface area contributed by atoms with Gasteiger partial charge in [-0.25, -0.2) is 0 Å². The van der Waals surface area contributed by atoms with Crippen LogP contribution in [-0.2, 0) is 11.2 Å². The molecule has 0 heterocycles. The van der Waals surface area contributed by atoms with E-state index in [1.807, 2.05) is 6.07 Å². The van der Waals surface area contributed by atoms with Gasteiger partial charge in [-0.15, -0.1) is 0 Å². The van der Waals surface area contributed by atoms with Crippen LogP contribution >= 0.6 is 0 Å². The molecule has 12 heavy (non-hydrogen) atoms. The molecule has 1 aliphatic rings. The van der Waals surface area contributed by atoms with E-state index in [-0.39, 0.29) is 5.92 Å². The summed E-state index contributed by atoms with van der Waals surface area (Å²) in [7, 11) is 0. The molecule has 0 bridgehead atoms. The fraction of sp³-hybridized carbons (Fsp3) is 0.300. The fourth-order valence-corrected chi connectivity index (χ4v) is 1.81. The minimum atomic E-state index is 0.00657. The van der Waals surface area contributed by atoms with Gasteiger partial charge in [0.05, 0.1) is 0 Å². The zero-order chi connectivity index (χ0) is 8.55. The van der Waals surface area contributed by atoms with Crippen LogP contribution in [0.2, 0.25) is 0 Å². The molecule has 62 valence electrons. The number of phenols is 1. The lowest BCUT2D eigenvalue weighted by molar-refractivity contribution is -0.109. The molecule has 2 heteroatoms. The van der Waals surface area contributed by atoms with Crippen LogP contribution in [0.3, 0.4) is 0 Å². The maximum absolute atomic E-state index is 10.6. The Hall–Kier alpha value is -1.31. The van der Waals surface area contributed by atoms with Gasteiger partial charge >= 0.3 is 0 Å². The summed E-state index contributed by atoms with van der Waals surface area (Å²) in [5.74, 6) is 0.337. The molecule has 2 rings (SSSR count). The van der Waals surface area contributed by atoms with Crippen LogP contribution in [0.25, 0.3) is 0 Å². The summed E-state index contributed by atoms with van der Waals surface area (Å²) in [5.41, 5.74) is 1.96. The molecular weight excluding hydrogens is 152 g/mol. The van der Waals surface area contributed by atoms with Crippen molar-refractivity contribution >= 4 is 6.29 Å². The molecule has 0 saturated carbocycles. The smallest absolute Gasteiger partial charge is 0.127 e. The lowest BCUT2D eigenvalue weighted by Gasteiger charge is -2.03. The summed E-state index contributed by atoms with van der Waals surface area (Å²) in [5, 5.41) is 9.43. The highest BCUT2D eigenvalue weighted by molar-refractivity contribution is 5.66. The number of hydrogen-bond donors (Lipinski definition) is 1. The van der Waals surface area contributed by atoms with Gasteiger partial charge in [0.15, 0.2) is 0 Å². The van der Waals surface area contributed by atoms with E-state index in [4.69, 9.17) is 0 Å². The molecule has 0 saturated heterocycles. The molecule has 2 nitrogen and oxygen atoms in total. The van der Waals surface area contributed by atoms with E-state index in [0.29, 0.717) is 5.75 Å². The minimum Gasteiger partial charge on any atom is -0.508 e. The second-order valence-corrected chi connectivity index (χ2v) is 3.13. The van der Waals surface area contributed by atoms with Crippen molar-refractivity contribution in [1.29, 1.82) is 0 Å². The third kappa shape index (κ3) is 0.916. The Morgan fingerprint density at radius 3 is 3.08 bits per heavy atom. The number of benzene rings is 1. The number of fused-ring (bicyclic) bond motifs is 1. The van der Waals surface area contributed by atoms with Gasteiger partial charge in [-0.1, -0.05) is 12.1 Å². The topological polar surface area (TPSA) is 37.3 Å². The van der Waals surface area contributed by atoms with Crippen LogP contribution in [0.4, 0.5) is 0 Å². The molecule has 1 aromatic carbocycles. The predicted octanol–water partition coefficient (Wildman–Crippen LogP) is 1.62. The molecule has 1 aromatic rings. The SMILES string of the molecule is O=CC1CCc2c(O)cccc21. The number of carbonyl (C=O) groups is 1. The maximum atomic E-state index is 10.6. The van der Waals surface area contributed by atoms with Crippen molar-refractivity contribution in [3.05, 3.63) is 29.3 Å². The van der Waals surface area contributed by atoms with Crippen molar-refractivity contribution in [3.63, 3.8) is 0 Å². The standard InChI is InChI=1S/C10H10O2/c11-6-7-4-5-9-8(7)2-1-3-10(9)12/h1-3,6-7,12H,4-5H2. The van der Waals surface area contributed by atoms with E-state index in [2.05, 4.69) is 0 Å². The van der Waals surface area contributed by atoms with Crippen molar-refractivity contribution in [2.75, 3.05) is 0 Å². The molecule has 1 N–H and O–H groups in total. The number of aromatic hydroxyl groups is 1. The summed E-state index contributed by atoms with van der Waals surface area (Å²) in [6.45, 7) is 0. The molecule has 1 atom stereocenters. The number of carbonyl (C=O) groups excluding carboxylic acids is 1. The number of aldehydes is 1. The third-order valence-electron chi connectivity index (χ3n) is 2.46. The predicted molar refractivity (Wildman–Crippen MR) is 45.2 cm³/mol. The quantitative estimate of drug-likeness (QED) is 0.637. The Kier molecular flexibility index (Phi) is 1.61. The second kappa shape index (κ2) is 2.63. The van der Waals surface area contributed by atoms with Gasteiger partial charge < -0.3 is 9.90 Å². The summed E-state index contributed by atoms with van der Waals surface area (Å²) in [6, 6.07) is 5.38. The fourth-order valence-electron chi connectivity index (χ4n) is 1.81. The lowest BCUT2D eigenvalue weighted by atomic mass is 10.0. The van der Waals surface area contributed by atoms with Crippen molar-refractivity contribution in [1.82, 2.24) is 0 Å². The van der Waals surface area contributed by atoms with Crippen molar-refractivity contribution in [2.24, 2.45) is 0 Å². The number of phenolic OH excluding ortho intramolecular Hbond substituents is 1. The maximum Gasteiger partial charge on any atom is 0.127 e. The first-order chi connectivity index (χ1) is 5.83. The molecule has 0 fully saturated rings. The number of hydrogen-bond acceptors (Lipinski definition) is 2. The van der Waals surface area contributed by atoms with E-state index in [1.165, 1.54) is 0 Å². The summed E-state index contributed by atoms with van der Waals surface area (Å²) in [4.78, 5) is 10.6.